The van der Waals surface area contributed by atoms with Crippen molar-refractivity contribution in [3.63, 3.8) is 0 Å². The highest BCUT2D eigenvalue weighted by molar-refractivity contribution is 7.80. The number of benzene rings is 1. The smallest absolute Gasteiger partial charge is 0.150 e. The fourth-order valence-electron chi connectivity index (χ4n) is 1.81. The molecule has 0 bridgehead atoms. The standard InChI is InChI=1S/C12H10N2S2/c1-14-10-5-4-8(15)7-9(10)13-12(14)11-3-2-6-16-11/h2-7,15H,1H3. The second-order valence-electron chi connectivity index (χ2n) is 3.64. The molecule has 2 nitrogen and oxygen atoms in total. The molecule has 0 amide bonds. The Morgan fingerprint density at radius 3 is 2.94 bits per heavy atom. The van der Waals surface area contributed by atoms with Gasteiger partial charge < -0.3 is 4.57 Å². The Morgan fingerprint density at radius 1 is 1.31 bits per heavy atom. The molecule has 0 saturated carbocycles. The van der Waals surface area contributed by atoms with Gasteiger partial charge in [-0.3, -0.25) is 0 Å². The predicted molar refractivity (Wildman–Crippen MR) is 71.3 cm³/mol. The van der Waals surface area contributed by atoms with E-state index in [2.05, 4.69) is 39.7 Å². The SMILES string of the molecule is Cn1c(-c2cccs2)nc2cc(S)ccc21. The van der Waals surface area contributed by atoms with Gasteiger partial charge in [-0.1, -0.05) is 6.07 Å². The number of aryl methyl sites for hydroxylation is 1. The molecule has 0 N–H and O–H groups in total. The Balaban J connectivity index is 2.31. The molecule has 0 atom stereocenters. The number of thiol groups is 1. The van der Waals surface area contributed by atoms with Crippen LogP contribution in [0.15, 0.2) is 40.6 Å². The monoisotopic (exact) mass is 246 g/mol. The van der Waals surface area contributed by atoms with Crippen molar-refractivity contribution >= 4 is 35.0 Å². The molecular weight excluding hydrogens is 236 g/mol. The van der Waals surface area contributed by atoms with Crippen LogP contribution in [0.5, 0.6) is 0 Å². The Kier molecular flexibility index (Phi) is 2.26. The molecule has 2 aromatic heterocycles. The third kappa shape index (κ3) is 1.45. The van der Waals surface area contributed by atoms with E-state index in [1.165, 1.54) is 4.88 Å². The van der Waals surface area contributed by atoms with Crippen molar-refractivity contribution in [2.45, 2.75) is 4.90 Å². The fraction of sp³-hybridized carbons (Fsp3) is 0.0833. The minimum absolute atomic E-state index is 0.948. The van der Waals surface area contributed by atoms with E-state index in [1.807, 2.05) is 25.2 Å². The summed E-state index contributed by atoms with van der Waals surface area (Å²) in [5.41, 5.74) is 2.14. The van der Waals surface area contributed by atoms with E-state index in [4.69, 9.17) is 0 Å². The first kappa shape index (κ1) is 9.93. The molecule has 3 rings (SSSR count). The first-order chi connectivity index (χ1) is 7.75. The van der Waals surface area contributed by atoms with Crippen LogP contribution in [0.2, 0.25) is 0 Å². The van der Waals surface area contributed by atoms with Crippen molar-refractivity contribution in [1.82, 2.24) is 9.55 Å². The number of aromatic nitrogens is 2. The quantitative estimate of drug-likeness (QED) is 0.650. The highest BCUT2D eigenvalue weighted by Crippen LogP contribution is 2.27. The lowest BCUT2D eigenvalue weighted by molar-refractivity contribution is 0.963. The van der Waals surface area contributed by atoms with Gasteiger partial charge in [0.05, 0.1) is 15.9 Å². The van der Waals surface area contributed by atoms with E-state index in [0.29, 0.717) is 0 Å². The highest BCUT2D eigenvalue weighted by Gasteiger charge is 2.10. The van der Waals surface area contributed by atoms with Gasteiger partial charge in [0.25, 0.3) is 0 Å². The molecule has 3 aromatic rings. The van der Waals surface area contributed by atoms with E-state index in [1.54, 1.807) is 11.3 Å². The lowest BCUT2D eigenvalue weighted by Gasteiger charge is -1.98. The molecule has 0 spiro atoms. The molecule has 0 aliphatic rings. The number of thiophene rings is 1. The average Bonchev–Trinajstić information content (AvgIpc) is 2.86. The Morgan fingerprint density at radius 2 is 2.19 bits per heavy atom. The molecule has 80 valence electrons. The zero-order valence-electron chi connectivity index (χ0n) is 8.71. The first-order valence-electron chi connectivity index (χ1n) is 4.95. The summed E-state index contributed by atoms with van der Waals surface area (Å²) in [5.74, 6) is 1.02. The maximum absolute atomic E-state index is 4.64. The summed E-state index contributed by atoms with van der Waals surface area (Å²) in [6.07, 6.45) is 0. The number of imidazole rings is 1. The number of hydrogen-bond donors (Lipinski definition) is 1. The van der Waals surface area contributed by atoms with Crippen LogP contribution >= 0.6 is 24.0 Å². The lowest BCUT2D eigenvalue weighted by atomic mass is 10.3. The van der Waals surface area contributed by atoms with Crippen LogP contribution in [-0.4, -0.2) is 9.55 Å². The van der Waals surface area contributed by atoms with Gasteiger partial charge in [-0.2, -0.15) is 0 Å². The van der Waals surface area contributed by atoms with Crippen LogP contribution in [0.4, 0.5) is 0 Å². The summed E-state index contributed by atoms with van der Waals surface area (Å²) in [4.78, 5) is 6.78. The van der Waals surface area contributed by atoms with E-state index in [9.17, 15) is 0 Å². The van der Waals surface area contributed by atoms with Gasteiger partial charge in [-0.25, -0.2) is 4.98 Å². The van der Waals surface area contributed by atoms with Gasteiger partial charge in [-0.15, -0.1) is 24.0 Å². The second-order valence-corrected chi connectivity index (χ2v) is 5.11. The molecule has 16 heavy (non-hydrogen) atoms. The Bertz CT molecular complexity index is 638. The fourth-order valence-corrected chi connectivity index (χ4v) is 2.76. The van der Waals surface area contributed by atoms with Gasteiger partial charge in [0.2, 0.25) is 0 Å². The lowest BCUT2D eigenvalue weighted by Crippen LogP contribution is -1.89. The summed E-state index contributed by atoms with van der Waals surface area (Å²) < 4.78 is 2.12. The van der Waals surface area contributed by atoms with Crippen LogP contribution in [0, 0.1) is 0 Å². The molecule has 2 heterocycles. The van der Waals surface area contributed by atoms with Crippen molar-refractivity contribution in [3.8, 4) is 10.7 Å². The van der Waals surface area contributed by atoms with Crippen LogP contribution in [-0.2, 0) is 7.05 Å². The number of rotatable bonds is 1. The third-order valence-corrected chi connectivity index (χ3v) is 3.75. The maximum Gasteiger partial charge on any atom is 0.150 e. The van der Waals surface area contributed by atoms with Gasteiger partial charge in [0, 0.05) is 11.9 Å². The van der Waals surface area contributed by atoms with E-state index in [0.717, 1.165) is 21.8 Å². The van der Waals surface area contributed by atoms with Crippen molar-refractivity contribution < 1.29 is 0 Å². The first-order valence-corrected chi connectivity index (χ1v) is 6.28. The summed E-state index contributed by atoms with van der Waals surface area (Å²) >= 11 is 6.04. The third-order valence-electron chi connectivity index (χ3n) is 2.61. The topological polar surface area (TPSA) is 17.8 Å². The molecule has 4 heteroatoms. The molecule has 0 aliphatic heterocycles. The molecule has 1 aromatic carbocycles. The number of hydrogen-bond acceptors (Lipinski definition) is 3. The van der Waals surface area contributed by atoms with E-state index < -0.39 is 0 Å². The molecule has 0 radical (unpaired) electrons. The van der Waals surface area contributed by atoms with Crippen molar-refractivity contribution in [2.24, 2.45) is 7.05 Å². The predicted octanol–water partition coefficient (Wildman–Crippen LogP) is 3.59. The zero-order valence-corrected chi connectivity index (χ0v) is 10.4. The van der Waals surface area contributed by atoms with E-state index in [-0.39, 0.29) is 0 Å². The number of nitrogens with zero attached hydrogens (tertiary/aromatic N) is 2. The minimum atomic E-state index is 0.948. The van der Waals surface area contributed by atoms with Crippen molar-refractivity contribution in [1.29, 1.82) is 0 Å². The maximum atomic E-state index is 4.64. The average molecular weight is 246 g/mol. The van der Waals surface area contributed by atoms with Crippen LogP contribution < -0.4 is 0 Å². The Labute approximate surface area is 103 Å². The summed E-state index contributed by atoms with van der Waals surface area (Å²) in [6.45, 7) is 0. The van der Waals surface area contributed by atoms with Gasteiger partial charge in [-0.05, 0) is 29.6 Å². The summed E-state index contributed by atoms with van der Waals surface area (Å²) in [5, 5.41) is 2.07. The highest BCUT2D eigenvalue weighted by atomic mass is 32.1. The Hall–Kier alpha value is -1.26. The van der Waals surface area contributed by atoms with E-state index >= 15 is 0 Å². The van der Waals surface area contributed by atoms with Gasteiger partial charge >= 0.3 is 0 Å². The largest absolute Gasteiger partial charge is 0.326 e. The van der Waals surface area contributed by atoms with Crippen LogP contribution in [0.25, 0.3) is 21.7 Å². The molecular formula is C12H10N2S2. The molecule has 0 aliphatic carbocycles. The van der Waals surface area contributed by atoms with Crippen LogP contribution in [0.1, 0.15) is 0 Å². The van der Waals surface area contributed by atoms with Crippen LogP contribution in [0.3, 0.4) is 0 Å². The van der Waals surface area contributed by atoms with Crippen molar-refractivity contribution in [3.05, 3.63) is 35.7 Å². The second kappa shape index (κ2) is 3.64. The van der Waals surface area contributed by atoms with Gasteiger partial charge in [0.15, 0.2) is 5.82 Å². The normalized spacial score (nSPS) is 11.1. The summed E-state index contributed by atoms with van der Waals surface area (Å²) in [7, 11) is 2.04. The molecule has 0 saturated heterocycles. The molecule has 0 fully saturated rings. The number of fused-ring (bicyclic) bond motifs is 1. The minimum Gasteiger partial charge on any atom is -0.326 e. The molecule has 0 unspecified atom stereocenters. The summed E-state index contributed by atoms with van der Waals surface area (Å²) in [6, 6.07) is 10.2. The van der Waals surface area contributed by atoms with Gasteiger partial charge in [0.1, 0.15) is 0 Å². The zero-order chi connectivity index (χ0) is 11.1. The van der Waals surface area contributed by atoms with Crippen molar-refractivity contribution in [2.75, 3.05) is 0 Å².